The average molecular weight is 426 g/mol. The molecule has 1 heterocycles. The van der Waals surface area contributed by atoms with Gasteiger partial charge in [0.15, 0.2) is 0 Å². The van der Waals surface area contributed by atoms with E-state index in [0.717, 1.165) is 11.3 Å². The van der Waals surface area contributed by atoms with E-state index >= 15 is 0 Å². The maximum Gasteiger partial charge on any atom is 0.266 e. The van der Waals surface area contributed by atoms with Crippen LogP contribution in [-0.4, -0.2) is 14.3 Å². The average Bonchev–Trinajstić information content (AvgIpc) is 3.00. The highest BCUT2D eigenvalue weighted by molar-refractivity contribution is 7.91. The number of amides is 1. The summed E-state index contributed by atoms with van der Waals surface area (Å²) in [7, 11) is -3.73. The van der Waals surface area contributed by atoms with Gasteiger partial charge in [0.2, 0.25) is 9.84 Å². The predicted octanol–water partition coefficient (Wildman–Crippen LogP) is 5.45. The third-order valence-corrected chi connectivity index (χ3v) is 7.44. The maximum atomic E-state index is 12.8. The number of hydrogen-bond donors (Lipinski definition) is 1. The van der Waals surface area contributed by atoms with Crippen molar-refractivity contribution in [2.75, 3.05) is 5.32 Å². The second-order valence-electron chi connectivity index (χ2n) is 5.45. The van der Waals surface area contributed by atoms with E-state index in [-0.39, 0.29) is 9.79 Å². The van der Waals surface area contributed by atoms with E-state index in [2.05, 4.69) is 5.32 Å². The number of nitrogens with one attached hydrogen (secondary N) is 1. The Kier molecular flexibility index (Phi) is 5.39. The van der Waals surface area contributed by atoms with Crippen LogP contribution >= 0.6 is 34.5 Å². The summed E-state index contributed by atoms with van der Waals surface area (Å²) in [6.07, 6.45) is 0. The summed E-state index contributed by atoms with van der Waals surface area (Å²) in [5.41, 5.74) is 0.864. The largest absolute Gasteiger partial charge is 0.320 e. The van der Waals surface area contributed by atoms with Crippen LogP contribution in [0, 0.1) is 6.92 Å². The van der Waals surface area contributed by atoms with E-state index in [0.29, 0.717) is 26.2 Å². The van der Waals surface area contributed by atoms with Crippen molar-refractivity contribution in [1.82, 2.24) is 0 Å². The Morgan fingerprint density at radius 1 is 1.04 bits per heavy atom. The van der Waals surface area contributed by atoms with Crippen LogP contribution in [0.15, 0.2) is 63.7 Å². The first-order chi connectivity index (χ1) is 12.3. The molecule has 8 heteroatoms. The Morgan fingerprint density at radius 3 is 2.35 bits per heavy atom. The molecule has 3 aromatic rings. The Morgan fingerprint density at radius 2 is 1.69 bits per heavy atom. The molecule has 3 rings (SSSR count). The molecule has 0 atom stereocenters. The van der Waals surface area contributed by atoms with E-state index in [1.54, 1.807) is 31.2 Å². The van der Waals surface area contributed by atoms with Crippen molar-refractivity contribution in [2.45, 2.75) is 16.7 Å². The Labute approximate surface area is 165 Å². The van der Waals surface area contributed by atoms with Crippen molar-refractivity contribution in [1.29, 1.82) is 0 Å². The third-order valence-electron chi connectivity index (χ3n) is 3.74. The summed E-state index contributed by atoms with van der Waals surface area (Å²) in [5, 5.41) is 5.04. The Bertz CT molecular complexity index is 1070. The number of hydrogen-bond acceptors (Lipinski definition) is 4. The lowest BCUT2D eigenvalue weighted by molar-refractivity contribution is 0.103. The van der Waals surface area contributed by atoms with Crippen LogP contribution in [0.4, 0.5) is 5.69 Å². The summed E-state index contributed by atoms with van der Waals surface area (Å²) >= 11 is 12.9. The summed E-state index contributed by atoms with van der Waals surface area (Å²) < 4.78 is 25.7. The SMILES string of the molecule is Cc1c(S(=O)(=O)c2ccc(Cl)cc2)csc1C(=O)Nc1ccccc1Cl. The molecule has 0 aliphatic carbocycles. The molecule has 4 nitrogen and oxygen atoms in total. The first-order valence-corrected chi connectivity index (χ1v) is 10.6. The molecule has 0 unspecified atom stereocenters. The number of carbonyl (C=O) groups excluding carboxylic acids is 1. The summed E-state index contributed by atoms with van der Waals surface area (Å²) in [6, 6.07) is 12.8. The fourth-order valence-electron chi connectivity index (χ4n) is 2.37. The fraction of sp³-hybridized carbons (Fsp3) is 0.0556. The minimum Gasteiger partial charge on any atom is -0.320 e. The van der Waals surface area contributed by atoms with Gasteiger partial charge in [-0.15, -0.1) is 11.3 Å². The van der Waals surface area contributed by atoms with Gasteiger partial charge in [-0.25, -0.2) is 8.42 Å². The number of sulfone groups is 1. The van der Waals surface area contributed by atoms with Gasteiger partial charge in [-0.2, -0.15) is 0 Å². The molecule has 0 aliphatic rings. The topological polar surface area (TPSA) is 63.2 Å². The normalized spacial score (nSPS) is 11.3. The maximum absolute atomic E-state index is 12.8. The summed E-state index contributed by atoms with van der Waals surface area (Å²) in [4.78, 5) is 13.1. The van der Waals surface area contributed by atoms with Crippen molar-refractivity contribution < 1.29 is 13.2 Å². The molecule has 1 amide bonds. The van der Waals surface area contributed by atoms with E-state index < -0.39 is 15.7 Å². The number of benzene rings is 2. The molecule has 0 fully saturated rings. The smallest absolute Gasteiger partial charge is 0.266 e. The van der Waals surface area contributed by atoms with Crippen LogP contribution in [0.2, 0.25) is 10.0 Å². The van der Waals surface area contributed by atoms with Crippen LogP contribution in [-0.2, 0) is 9.84 Å². The van der Waals surface area contributed by atoms with Gasteiger partial charge in [-0.1, -0.05) is 35.3 Å². The molecule has 0 aliphatic heterocycles. The number of halogens is 2. The zero-order chi connectivity index (χ0) is 18.9. The second kappa shape index (κ2) is 7.40. The molecular weight excluding hydrogens is 413 g/mol. The molecule has 1 aromatic heterocycles. The first-order valence-electron chi connectivity index (χ1n) is 7.45. The van der Waals surface area contributed by atoms with Crippen LogP contribution in [0.5, 0.6) is 0 Å². The minimum atomic E-state index is -3.73. The highest BCUT2D eigenvalue weighted by Gasteiger charge is 2.25. The van der Waals surface area contributed by atoms with Crippen LogP contribution in [0.25, 0.3) is 0 Å². The molecule has 2 aromatic carbocycles. The number of rotatable bonds is 4. The van der Waals surface area contributed by atoms with Crippen molar-refractivity contribution in [3.05, 3.63) is 74.4 Å². The third kappa shape index (κ3) is 3.64. The van der Waals surface area contributed by atoms with Gasteiger partial charge in [-0.3, -0.25) is 4.79 Å². The molecule has 1 N–H and O–H groups in total. The van der Waals surface area contributed by atoms with E-state index in [9.17, 15) is 13.2 Å². The van der Waals surface area contributed by atoms with Gasteiger partial charge >= 0.3 is 0 Å². The minimum absolute atomic E-state index is 0.106. The lowest BCUT2D eigenvalue weighted by Crippen LogP contribution is -2.12. The molecule has 134 valence electrons. The number of para-hydroxylation sites is 1. The van der Waals surface area contributed by atoms with Crippen LogP contribution < -0.4 is 5.32 Å². The first kappa shape index (κ1) is 18.9. The van der Waals surface area contributed by atoms with Crippen molar-refractivity contribution in [3.63, 3.8) is 0 Å². The highest BCUT2D eigenvalue weighted by Crippen LogP contribution is 2.32. The molecular formula is C18H13Cl2NO3S2. The molecule has 26 heavy (non-hydrogen) atoms. The lowest BCUT2D eigenvalue weighted by Gasteiger charge is -2.07. The van der Waals surface area contributed by atoms with E-state index in [1.807, 2.05) is 0 Å². The predicted molar refractivity (Wildman–Crippen MR) is 105 cm³/mol. The summed E-state index contributed by atoms with van der Waals surface area (Å²) in [5.74, 6) is -0.404. The molecule has 0 bridgehead atoms. The highest BCUT2D eigenvalue weighted by atomic mass is 35.5. The van der Waals surface area contributed by atoms with Crippen LogP contribution in [0.1, 0.15) is 15.2 Å². The van der Waals surface area contributed by atoms with Gasteiger partial charge in [0.25, 0.3) is 5.91 Å². The Hall–Kier alpha value is -1.86. The monoisotopic (exact) mass is 425 g/mol. The number of thiophene rings is 1. The van der Waals surface area contributed by atoms with E-state index in [1.165, 1.54) is 29.6 Å². The molecule has 0 saturated carbocycles. The molecule has 0 radical (unpaired) electrons. The lowest BCUT2D eigenvalue weighted by atomic mass is 10.2. The zero-order valence-electron chi connectivity index (χ0n) is 13.5. The van der Waals surface area contributed by atoms with Gasteiger partial charge in [0, 0.05) is 10.4 Å². The molecule has 0 spiro atoms. The second-order valence-corrected chi connectivity index (χ2v) is 9.09. The van der Waals surface area contributed by atoms with Crippen molar-refractivity contribution in [3.8, 4) is 0 Å². The Balaban J connectivity index is 1.94. The van der Waals surface area contributed by atoms with Gasteiger partial charge < -0.3 is 5.32 Å². The van der Waals surface area contributed by atoms with Gasteiger partial charge in [-0.05, 0) is 48.9 Å². The quantitative estimate of drug-likeness (QED) is 0.604. The zero-order valence-corrected chi connectivity index (χ0v) is 16.6. The summed E-state index contributed by atoms with van der Waals surface area (Å²) in [6.45, 7) is 1.61. The van der Waals surface area contributed by atoms with Crippen molar-refractivity contribution in [2.24, 2.45) is 0 Å². The fourth-order valence-corrected chi connectivity index (χ4v) is 5.50. The van der Waals surface area contributed by atoms with E-state index in [4.69, 9.17) is 23.2 Å². The van der Waals surface area contributed by atoms with Gasteiger partial charge in [0.05, 0.1) is 25.4 Å². The van der Waals surface area contributed by atoms with Crippen LogP contribution in [0.3, 0.4) is 0 Å². The molecule has 0 saturated heterocycles. The standard InChI is InChI=1S/C18H13Cl2NO3S2/c1-11-16(26(23,24)13-8-6-12(19)7-9-13)10-25-17(11)18(22)21-15-5-3-2-4-14(15)20/h2-10H,1H3,(H,21,22). The van der Waals surface area contributed by atoms with Gasteiger partial charge in [0.1, 0.15) is 0 Å². The van der Waals surface area contributed by atoms with Crippen molar-refractivity contribution >= 4 is 56.0 Å². The number of anilines is 1. The number of carbonyl (C=O) groups is 1.